The van der Waals surface area contributed by atoms with Crippen LogP contribution in [0.4, 0.5) is 0 Å². The fourth-order valence-electron chi connectivity index (χ4n) is 4.32. The Labute approximate surface area is 206 Å². The minimum Gasteiger partial charge on any atom is -0.497 e. The number of ether oxygens (including phenoxy) is 1. The van der Waals surface area contributed by atoms with Crippen molar-refractivity contribution in [2.45, 2.75) is 70.5 Å². The van der Waals surface area contributed by atoms with Crippen molar-refractivity contribution in [3.8, 4) is 5.75 Å². The molecule has 1 saturated carbocycles. The van der Waals surface area contributed by atoms with Crippen LogP contribution in [0.15, 0.2) is 42.5 Å². The first-order chi connectivity index (χ1) is 15.9. The summed E-state index contributed by atoms with van der Waals surface area (Å²) in [5.41, 5.74) is 1.69. The Balaban J connectivity index is 1.81. The van der Waals surface area contributed by atoms with Gasteiger partial charge < -0.3 is 15.0 Å². The molecule has 7 heteroatoms. The fourth-order valence-corrected chi connectivity index (χ4v) is 4.64. The average molecular weight is 491 g/mol. The van der Waals surface area contributed by atoms with Gasteiger partial charge in [0.1, 0.15) is 11.8 Å². The van der Waals surface area contributed by atoms with Crippen molar-refractivity contribution in [1.82, 2.24) is 10.2 Å². The van der Waals surface area contributed by atoms with Crippen molar-refractivity contribution in [3.63, 3.8) is 0 Å². The quantitative estimate of drug-likeness (QED) is 0.482. The first-order valence-corrected chi connectivity index (χ1v) is 12.3. The normalized spacial score (nSPS) is 15.0. The molecule has 0 heterocycles. The van der Waals surface area contributed by atoms with Crippen molar-refractivity contribution < 1.29 is 14.3 Å². The molecule has 0 radical (unpaired) electrons. The van der Waals surface area contributed by atoms with Crippen LogP contribution in [-0.4, -0.2) is 35.9 Å². The summed E-state index contributed by atoms with van der Waals surface area (Å²) in [5.74, 6) is 0.529. The van der Waals surface area contributed by atoms with Crippen molar-refractivity contribution in [2.24, 2.45) is 0 Å². The van der Waals surface area contributed by atoms with E-state index in [1.807, 2.05) is 37.3 Å². The van der Waals surface area contributed by atoms with Gasteiger partial charge in [-0.05, 0) is 54.7 Å². The molecule has 1 aliphatic carbocycles. The molecule has 1 N–H and O–H groups in total. The van der Waals surface area contributed by atoms with E-state index in [2.05, 4.69) is 5.32 Å². The second-order valence-corrected chi connectivity index (χ2v) is 9.38. The van der Waals surface area contributed by atoms with E-state index in [4.69, 9.17) is 27.9 Å². The second-order valence-electron chi connectivity index (χ2n) is 8.56. The molecule has 2 amide bonds. The Morgan fingerprint density at radius 1 is 1.03 bits per heavy atom. The molecule has 1 aliphatic rings. The van der Waals surface area contributed by atoms with E-state index in [9.17, 15) is 9.59 Å². The van der Waals surface area contributed by atoms with Crippen LogP contribution in [-0.2, 0) is 22.6 Å². The third-order valence-corrected chi connectivity index (χ3v) is 6.93. The first-order valence-electron chi connectivity index (χ1n) is 11.6. The minimum absolute atomic E-state index is 0.0902. The summed E-state index contributed by atoms with van der Waals surface area (Å²) in [5, 5.41) is 4.08. The molecule has 0 unspecified atom stereocenters. The molecule has 1 atom stereocenters. The molecule has 2 aromatic carbocycles. The summed E-state index contributed by atoms with van der Waals surface area (Å²) in [4.78, 5) is 28.4. The lowest BCUT2D eigenvalue weighted by atomic mass is 9.95. The fraction of sp³-hybridized carbons (Fsp3) is 0.462. The highest BCUT2D eigenvalue weighted by Crippen LogP contribution is 2.25. The van der Waals surface area contributed by atoms with Gasteiger partial charge in [0.25, 0.3) is 0 Å². The van der Waals surface area contributed by atoms with Crippen LogP contribution >= 0.6 is 23.2 Å². The van der Waals surface area contributed by atoms with E-state index in [0.29, 0.717) is 16.5 Å². The van der Waals surface area contributed by atoms with E-state index in [-0.39, 0.29) is 30.8 Å². The van der Waals surface area contributed by atoms with Crippen molar-refractivity contribution >= 4 is 35.0 Å². The molecule has 0 spiro atoms. The summed E-state index contributed by atoms with van der Waals surface area (Å²) in [6, 6.07) is 12.3. The monoisotopic (exact) mass is 490 g/mol. The lowest BCUT2D eigenvalue weighted by molar-refractivity contribution is -0.141. The lowest BCUT2D eigenvalue weighted by Gasteiger charge is -2.33. The molecular formula is C26H32Cl2N2O3. The first kappa shape index (κ1) is 25.4. The van der Waals surface area contributed by atoms with Crippen LogP contribution in [0.3, 0.4) is 0 Å². The second kappa shape index (κ2) is 12.3. The maximum absolute atomic E-state index is 13.5. The Morgan fingerprint density at radius 3 is 2.30 bits per heavy atom. The van der Waals surface area contributed by atoms with Gasteiger partial charge in [-0.3, -0.25) is 9.59 Å². The number of carbonyl (C=O) groups excluding carboxylic acids is 2. The van der Waals surface area contributed by atoms with Crippen LogP contribution in [0.25, 0.3) is 0 Å². The van der Waals surface area contributed by atoms with Crippen LogP contribution in [0.1, 0.15) is 56.6 Å². The van der Waals surface area contributed by atoms with Crippen LogP contribution in [0.5, 0.6) is 5.75 Å². The van der Waals surface area contributed by atoms with Gasteiger partial charge in [0.05, 0.1) is 23.6 Å². The summed E-state index contributed by atoms with van der Waals surface area (Å²) < 4.78 is 5.21. The topological polar surface area (TPSA) is 58.6 Å². The number of carbonyl (C=O) groups is 2. The minimum atomic E-state index is -0.563. The van der Waals surface area contributed by atoms with Crippen molar-refractivity contribution in [2.75, 3.05) is 7.11 Å². The Bertz CT molecular complexity index is 943. The summed E-state index contributed by atoms with van der Waals surface area (Å²) in [7, 11) is 1.61. The largest absolute Gasteiger partial charge is 0.497 e. The van der Waals surface area contributed by atoms with Crippen LogP contribution < -0.4 is 10.1 Å². The molecule has 0 aliphatic heterocycles. The molecule has 2 aromatic rings. The summed E-state index contributed by atoms with van der Waals surface area (Å²) in [6.45, 7) is 2.22. The van der Waals surface area contributed by atoms with Crippen molar-refractivity contribution in [1.29, 1.82) is 0 Å². The van der Waals surface area contributed by atoms with Gasteiger partial charge in [0.2, 0.25) is 11.8 Å². The molecular weight excluding hydrogens is 459 g/mol. The Kier molecular flexibility index (Phi) is 9.45. The Morgan fingerprint density at radius 2 is 1.70 bits per heavy atom. The number of rotatable bonds is 9. The summed E-state index contributed by atoms with van der Waals surface area (Å²) >= 11 is 12.3. The van der Waals surface area contributed by atoms with Gasteiger partial charge in [-0.2, -0.15) is 0 Å². The van der Waals surface area contributed by atoms with E-state index in [1.165, 1.54) is 6.42 Å². The molecule has 178 valence electrons. The average Bonchev–Trinajstić information content (AvgIpc) is 2.82. The number of benzene rings is 2. The van der Waals surface area contributed by atoms with E-state index < -0.39 is 6.04 Å². The van der Waals surface area contributed by atoms with Gasteiger partial charge in [0.15, 0.2) is 0 Å². The number of nitrogens with zero attached hydrogens (tertiary/aromatic N) is 1. The SMILES string of the molecule is CC[C@@H](C(=O)NC1CCCCC1)N(Cc1ccc(Cl)c(Cl)c1)C(=O)Cc1ccc(OC)cc1. The number of amides is 2. The smallest absolute Gasteiger partial charge is 0.243 e. The van der Waals surface area contributed by atoms with Gasteiger partial charge in [-0.15, -0.1) is 0 Å². The zero-order valence-corrected chi connectivity index (χ0v) is 20.8. The zero-order chi connectivity index (χ0) is 23.8. The number of methoxy groups -OCH3 is 1. The molecule has 1 fully saturated rings. The maximum Gasteiger partial charge on any atom is 0.243 e. The van der Waals surface area contributed by atoms with Crippen LogP contribution in [0.2, 0.25) is 10.0 Å². The van der Waals surface area contributed by atoms with Crippen LogP contribution in [0, 0.1) is 0 Å². The van der Waals surface area contributed by atoms with Gasteiger partial charge in [0, 0.05) is 12.6 Å². The highest BCUT2D eigenvalue weighted by molar-refractivity contribution is 6.42. The molecule has 0 bridgehead atoms. The molecule has 0 aromatic heterocycles. The molecule has 5 nitrogen and oxygen atoms in total. The predicted octanol–water partition coefficient (Wildman–Crippen LogP) is 5.80. The number of nitrogens with one attached hydrogen (secondary N) is 1. The lowest BCUT2D eigenvalue weighted by Crippen LogP contribution is -2.51. The van der Waals surface area contributed by atoms with Gasteiger partial charge in [-0.25, -0.2) is 0 Å². The summed E-state index contributed by atoms with van der Waals surface area (Å²) in [6.07, 6.45) is 6.18. The Hall–Kier alpha value is -2.24. The molecule has 33 heavy (non-hydrogen) atoms. The third kappa shape index (κ3) is 7.12. The highest BCUT2D eigenvalue weighted by atomic mass is 35.5. The van der Waals surface area contributed by atoms with Gasteiger partial charge in [-0.1, -0.05) is 67.6 Å². The molecule has 3 rings (SSSR count). The number of hydrogen-bond acceptors (Lipinski definition) is 3. The van der Waals surface area contributed by atoms with E-state index in [0.717, 1.165) is 42.6 Å². The zero-order valence-electron chi connectivity index (χ0n) is 19.3. The van der Waals surface area contributed by atoms with E-state index in [1.54, 1.807) is 24.1 Å². The molecule has 0 saturated heterocycles. The predicted molar refractivity (Wildman–Crippen MR) is 133 cm³/mol. The standard InChI is InChI=1S/C26H32Cl2N2O3/c1-3-24(26(32)29-20-7-5-4-6-8-20)30(17-19-11-14-22(27)23(28)15-19)25(31)16-18-9-12-21(33-2)13-10-18/h9-15,20,24H,3-8,16-17H2,1-2H3,(H,29,32)/t24-/m0/s1. The number of hydrogen-bond donors (Lipinski definition) is 1. The van der Waals surface area contributed by atoms with Crippen molar-refractivity contribution in [3.05, 3.63) is 63.6 Å². The number of halogens is 2. The van der Waals surface area contributed by atoms with E-state index >= 15 is 0 Å². The maximum atomic E-state index is 13.5. The third-order valence-electron chi connectivity index (χ3n) is 6.19. The van der Waals surface area contributed by atoms with Gasteiger partial charge >= 0.3 is 0 Å². The highest BCUT2D eigenvalue weighted by Gasteiger charge is 2.30.